The number of nitrogens with zero attached hydrogens (tertiary/aromatic N) is 4. The van der Waals surface area contributed by atoms with Gasteiger partial charge in [-0.25, -0.2) is 4.98 Å². The van der Waals surface area contributed by atoms with E-state index < -0.39 is 6.36 Å². The highest BCUT2D eigenvalue weighted by Crippen LogP contribution is 2.30. The molecular weight excluding hydrogens is 549 g/mol. The van der Waals surface area contributed by atoms with Gasteiger partial charge in [0.05, 0.1) is 6.20 Å². The summed E-state index contributed by atoms with van der Waals surface area (Å²) in [6.45, 7) is 3.73. The fourth-order valence-electron chi connectivity index (χ4n) is 5.84. The molecule has 3 heterocycles. The van der Waals surface area contributed by atoms with E-state index in [1.165, 1.54) is 30.0 Å². The molecule has 1 aliphatic carbocycles. The van der Waals surface area contributed by atoms with Crippen LogP contribution in [0.5, 0.6) is 5.75 Å². The number of hydrogen-bond acceptors (Lipinski definition) is 9. The standard InChI is InChI=1S/C30H33F3N6O3/c1-19-35-28(42-38-19)21-8-12-23(13-9-21)39-16-4-5-22(18-39)36-25-6-2-3-7-26(25)37-29-34-17-27(40-29)20-10-14-24(15-11-20)41-30(31,32)33/h8-15,17,22,25-26,36H,2-7,16,18H2,1H3,(H,34,37)/t22-,25+,26+/m0/s1. The van der Waals surface area contributed by atoms with E-state index >= 15 is 0 Å². The van der Waals surface area contributed by atoms with Crippen molar-refractivity contribution in [3.05, 3.63) is 60.6 Å². The number of aryl methyl sites for hydroxylation is 1. The predicted molar refractivity (Wildman–Crippen MR) is 151 cm³/mol. The van der Waals surface area contributed by atoms with Crippen molar-refractivity contribution in [2.75, 3.05) is 23.3 Å². The van der Waals surface area contributed by atoms with Gasteiger partial charge in [0.2, 0.25) is 0 Å². The van der Waals surface area contributed by atoms with Crippen LogP contribution in [0, 0.1) is 6.92 Å². The van der Waals surface area contributed by atoms with Crippen LogP contribution >= 0.6 is 0 Å². The van der Waals surface area contributed by atoms with Gasteiger partial charge >= 0.3 is 6.36 Å². The van der Waals surface area contributed by atoms with E-state index in [1.807, 2.05) is 12.1 Å². The second kappa shape index (κ2) is 12.0. The lowest BCUT2D eigenvalue weighted by Crippen LogP contribution is -2.54. The lowest BCUT2D eigenvalue weighted by atomic mass is 9.89. The van der Waals surface area contributed by atoms with E-state index in [2.05, 4.69) is 47.5 Å². The van der Waals surface area contributed by atoms with Crippen molar-refractivity contribution >= 4 is 11.7 Å². The molecular formula is C30H33F3N6O3. The molecule has 12 heteroatoms. The van der Waals surface area contributed by atoms with E-state index in [0.717, 1.165) is 57.2 Å². The second-order valence-electron chi connectivity index (χ2n) is 10.9. The first-order valence-electron chi connectivity index (χ1n) is 14.3. The molecule has 2 fully saturated rings. The van der Waals surface area contributed by atoms with Crippen molar-refractivity contribution in [3.8, 4) is 28.5 Å². The normalized spacial score (nSPS) is 21.3. The molecule has 9 nitrogen and oxygen atoms in total. The highest BCUT2D eigenvalue weighted by Gasteiger charge is 2.32. The first-order chi connectivity index (χ1) is 20.3. The Hall–Kier alpha value is -4.06. The lowest BCUT2D eigenvalue weighted by molar-refractivity contribution is -0.274. The van der Waals surface area contributed by atoms with Crippen molar-refractivity contribution < 1.29 is 26.8 Å². The number of aromatic nitrogens is 3. The number of nitrogens with one attached hydrogen (secondary N) is 2. The summed E-state index contributed by atoms with van der Waals surface area (Å²) in [5.74, 6) is 1.34. The Kier molecular flexibility index (Phi) is 8.05. The van der Waals surface area contributed by atoms with Crippen LogP contribution in [0.4, 0.5) is 24.9 Å². The maximum atomic E-state index is 12.5. The van der Waals surface area contributed by atoms with Gasteiger partial charge in [0.25, 0.3) is 11.9 Å². The number of halogens is 3. The van der Waals surface area contributed by atoms with Crippen LogP contribution in [-0.4, -0.2) is 52.7 Å². The summed E-state index contributed by atoms with van der Waals surface area (Å²) in [6, 6.07) is 15.0. The minimum atomic E-state index is -4.73. The third kappa shape index (κ3) is 6.87. The molecule has 1 saturated carbocycles. The van der Waals surface area contributed by atoms with Gasteiger partial charge in [-0.15, -0.1) is 13.2 Å². The third-order valence-electron chi connectivity index (χ3n) is 7.83. The molecule has 4 aromatic rings. The van der Waals surface area contributed by atoms with Gasteiger partial charge in [0.1, 0.15) is 5.75 Å². The number of benzene rings is 2. The average Bonchev–Trinajstić information content (AvgIpc) is 3.63. The van der Waals surface area contributed by atoms with Crippen LogP contribution in [0.3, 0.4) is 0 Å². The molecule has 1 saturated heterocycles. The number of hydrogen-bond donors (Lipinski definition) is 2. The summed E-state index contributed by atoms with van der Waals surface area (Å²) in [5, 5.41) is 11.3. The Morgan fingerprint density at radius 1 is 0.929 bits per heavy atom. The van der Waals surface area contributed by atoms with E-state index in [1.54, 1.807) is 13.1 Å². The van der Waals surface area contributed by atoms with Gasteiger partial charge in [-0.2, -0.15) is 4.98 Å². The number of ether oxygens (including phenoxy) is 1. The first-order valence-corrected chi connectivity index (χ1v) is 14.3. The minimum absolute atomic E-state index is 0.153. The smallest absolute Gasteiger partial charge is 0.424 e. The monoisotopic (exact) mass is 582 g/mol. The Labute approximate surface area is 241 Å². The molecule has 0 bridgehead atoms. The molecule has 3 atom stereocenters. The van der Waals surface area contributed by atoms with Gasteiger partial charge in [-0.05, 0) is 81.1 Å². The highest BCUT2D eigenvalue weighted by atomic mass is 19.4. The van der Waals surface area contributed by atoms with Gasteiger partial charge in [0, 0.05) is 48.0 Å². The summed E-state index contributed by atoms with van der Waals surface area (Å²) in [6.07, 6.45) is 3.38. The quantitative estimate of drug-likeness (QED) is 0.239. The topological polar surface area (TPSA) is 101 Å². The largest absolute Gasteiger partial charge is 0.573 e. The van der Waals surface area contributed by atoms with E-state index in [-0.39, 0.29) is 17.8 Å². The van der Waals surface area contributed by atoms with Gasteiger partial charge in [-0.1, -0.05) is 18.0 Å². The van der Waals surface area contributed by atoms with Crippen molar-refractivity contribution in [1.82, 2.24) is 20.4 Å². The maximum Gasteiger partial charge on any atom is 0.573 e. The van der Waals surface area contributed by atoms with Gasteiger partial charge in [-0.3, -0.25) is 0 Å². The summed E-state index contributed by atoms with van der Waals surface area (Å²) in [7, 11) is 0. The van der Waals surface area contributed by atoms with Crippen LogP contribution in [-0.2, 0) is 0 Å². The average molecular weight is 583 g/mol. The maximum absolute atomic E-state index is 12.5. The molecule has 2 N–H and O–H groups in total. The zero-order valence-corrected chi connectivity index (χ0v) is 23.2. The molecule has 0 amide bonds. The molecule has 0 radical (unpaired) electrons. The van der Waals surface area contributed by atoms with Crippen LogP contribution in [0.1, 0.15) is 44.3 Å². The van der Waals surface area contributed by atoms with Gasteiger partial charge in [0.15, 0.2) is 11.6 Å². The van der Waals surface area contributed by atoms with Crippen LogP contribution in [0.15, 0.2) is 63.7 Å². The lowest BCUT2D eigenvalue weighted by Gasteiger charge is -2.40. The molecule has 1 aliphatic heterocycles. The van der Waals surface area contributed by atoms with E-state index in [4.69, 9.17) is 8.94 Å². The van der Waals surface area contributed by atoms with Crippen molar-refractivity contribution in [3.63, 3.8) is 0 Å². The fraction of sp³-hybridized carbons (Fsp3) is 0.433. The highest BCUT2D eigenvalue weighted by molar-refractivity contribution is 5.60. The minimum Gasteiger partial charge on any atom is -0.424 e. The Morgan fingerprint density at radius 2 is 1.67 bits per heavy atom. The predicted octanol–water partition coefficient (Wildman–Crippen LogP) is 6.58. The molecule has 42 heavy (non-hydrogen) atoms. The SMILES string of the molecule is Cc1noc(-c2ccc(N3CCC[C@H](N[C@@H]4CCCC[C@H]4Nc4ncc(-c5ccc(OC(F)(F)F)cc5)o4)C3)cc2)n1. The van der Waals surface area contributed by atoms with Crippen molar-refractivity contribution in [2.45, 2.75) is 69.9 Å². The van der Waals surface area contributed by atoms with Crippen molar-refractivity contribution in [1.29, 1.82) is 0 Å². The molecule has 6 rings (SSSR count). The van der Waals surface area contributed by atoms with E-state index in [0.29, 0.717) is 35.1 Å². The van der Waals surface area contributed by atoms with Crippen molar-refractivity contribution in [2.24, 2.45) is 0 Å². The molecule has 0 unspecified atom stereocenters. The van der Waals surface area contributed by atoms with Crippen LogP contribution < -0.4 is 20.3 Å². The molecule has 2 aromatic carbocycles. The summed E-state index contributed by atoms with van der Waals surface area (Å²) in [4.78, 5) is 11.1. The van der Waals surface area contributed by atoms with Crippen LogP contribution in [0.2, 0.25) is 0 Å². The Morgan fingerprint density at radius 3 is 2.38 bits per heavy atom. The summed E-state index contributed by atoms with van der Waals surface area (Å²) < 4.78 is 52.6. The van der Waals surface area contributed by atoms with Crippen LogP contribution in [0.25, 0.3) is 22.8 Å². The number of anilines is 2. The van der Waals surface area contributed by atoms with Gasteiger partial charge < -0.3 is 29.2 Å². The second-order valence-corrected chi connectivity index (χ2v) is 10.9. The summed E-state index contributed by atoms with van der Waals surface area (Å²) in [5.41, 5.74) is 2.69. The molecule has 2 aliphatic rings. The number of oxazole rings is 1. The fourth-order valence-corrected chi connectivity index (χ4v) is 5.84. The number of rotatable bonds is 8. The molecule has 222 valence electrons. The third-order valence-corrected chi connectivity index (χ3v) is 7.83. The Balaban J connectivity index is 1.06. The number of alkyl halides is 3. The molecule has 0 spiro atoms. The van der Waals surface area contributed by atoms with E-state index in [9.17, 15) is 13.2 Å². The Bertz CT molecular complexity index is 1450. The zero-order chi connectivity index (χ0) is 29.1. The first kappa shape index (κ1) is 28.1. The molecule has 2 aromatic heterocycles. The zero-order valence-electron chi connectivity index (χ0n) is 23.2. The number of piperidine rings is 1. The summed E-state index contributed by atoms with van der Waals surface area (Å²) >= 11 is 0.